The molecule has 0 atom stereocenters. The van der Waals surface area contributed by atoms with Crippen molar-refractivity contribution in [1.82, 2.24) is 15.2 Å². The minimum atomic E-state index is -0.0130. The van der Waals surface area contributed by atoms with E-state index in [0.29, 0.717) is 12.1 Å². The summed E-state index contributed by atoms with van der Waals surface area (Å²) in [7, 11) is 0. The molecule has 0 unspecified atom stereocenters. The number of carbonyl (C=O) groups excluding carboxylic acids is 1. The molecule has 3 rings (SSSR count). The summed E-state index contributed by atoms with van der Waals surface area (Å²) in [5.41, 5.74) is 2.25. The monoisotopic (exact) mass is 365 g/mol. The minimum absolute atomic E-state index is 0.0130. The van der Waals surface area contributed by atoms with Crippen molar-refractivity contribution in [2.75, 3.05) is 26.2 Å². The maximum absolute atomic E-state index is 12.4. The molecule has 27 heavy (non-hydrogen) atoms. The van der Waals surface area contributed by atoms with Gasteiger partial charge < -0.3 is 10.2 Å². The maximum atomic E-state index is 12.4. The SMILES string of the molecule is CCCCN1CCC(CCNC(=O)c2ccncc2)(c2ccccc2)CC1. The summed E-state index contributed by atoms with van der Waals surface area (Å²) in [4.78, 5) is 18.9. The van der Waals surface area contributed by atoms with Crippen molar-refractivity contribution in [3.63, 3.8) is 0 Å². The third kappa shape index (κ3) is 5.16. The first-order chi connectivity index (χ1) is 13.2. The molecule has 0 aliphatic carbocycles. The molecule has 0 bridgehead atoms. The molecule has 0 spiro atoms. The van der Waals surface area contributed by atoms with Crippen LogP contribution in [0.2, 0.25) is 0 Å². The second-order valence-corrected chi connectivity index (χ2v) is 7.58. The number of benzene rings is 1. The lowest BCUT2D eigenvalue weighted by Gasteiger charge is -2.42. The molecule has 144 valence electrons. The molecule has 1 aliphatic heterocycles. The highest BCUT2D eigenvalue weighted by Gasteiger charge is 2.35. The second kappa shape index (κ2) is 9.65. The highest BCUT2D eigenvalue weighted by Crippen LogP contribution is 2.38. The topological polar surface area (TPSA) is 45.2 Å². The lowest BCUT2D eigenvalue weighted by Crippen LogP contribution is -2.44. The first-order valence-corrected chi connectivity index (χ1v) is 10.2. The molecule has 1 amide bonds. The molecular formula is C23H31N3O. The first-order valence-electron chi connectivity index (χ1n) is 10.2. The van der Waals surface area contributed by atoms with Crippen LogP contribution in [-0.4, -0.2) is 42.0 Å². The van der Waals surface area contributed by atoms with Crippen molar-refractivity contribution in [3.05, 3.63) is 66.0 Å². The number of rotatable bonds is 8. The van der Waals surface area contributed by atoms with Gasteiger partial charge in [-0.15, -0.1) is 0 Å². The Balaban J connectivity index is 1.62. The van der Waals surface area contributed by atoms with Crippen LogP contribution in [0.3, 0.4) is 0 Å². The van der Waals surface area contributed by atoms with Crippen molar-refractivity contribution < 1.29 is 4.79 Å². The number of unbranched alkanes of at least 4 members (excludes halogenated alkanes) is 1. The predicted molar refractivity (Wildman–Crippen MR) is 110 cm³/mol. The van der Waals surface area contributed by atoms with Crippen molar-refractivity contribution in [1.29, 1.82) is 0 Å². The number of piperidine rings is 1. The van der Waals surface area contributed by atoms with E-state index in [1.165, 1.54) is 24.9 Å². The molecule has 1 fully saturated rings. The van der Waals surface area contributed by atoms with Gasteiger partial charge in [0.2, 0.25) is 0 Å². The van der Waals surface area contributed by atoms with Crippen LogP contribution in [0.4, 0.5) is 0 Å². The highest BCUT2D eigenvalue weighted by atomic mass is 16.1. The fraction of sp³-hybridized carbons (Fsp3) is 0.478. The van der Waals surface area contributed by atoms with Crippen molar-refractivity contribution in [2.24, 2.45) is 0 Å². The van der Waals surface area contributed by atoms with Gasteiger partial charge in [0.25, 0.3) is 5.91 Å². The Labute approximate surface area is 163 Å². The molecule has 4 heteroatoms. The van der Waals surface area contributed by atoms with E-state index in [1.807, 2.05) is 0 Å². The van der Waals surface area contributed by atoms with E-state index in [-0.39, 0.29) is 11.3 Å². The van der Waals surface area contributed by atoms with E-state index in [2.05, 4.69) is 52.5 Å². The van der Waals surface area contributed by atoms with Gasteiger partial charge in [-0.1, -0.05) is 43.7 Å². The summed E-state index contributed by atoms with van der Waals surface area (Å²) in [6.45, 7) is 6.45. The summed E-state index contributed by atoms with van der Waals surface area (Å²) in [5, 5.41) is 3.11. The molecule has 1 aromatic heterocycles. The number of nitrogens with zero attached hydrogens (tertiary/aromatic N) is 2. The molecule has 1 N–H and O–H groups in total. The molecule has 4 nitrogen and oxygen atoms in total. The third-order valence-electron chi connectivity index (χ3n) is 5.86. The zero-order valence-corrected chi connectivity index (χ0v) is 16.4. The number of amides is 1. The van der Waals surface area contributed by atoms with Gasteiger partial charge in [-0.3, -0.25) is 9.78 Å². The number of carbonyl (C=O) groups is 1. The standard InChI is InChI=1S/C23H31N3O/c1-2-3-17-26-18-12-23(13-19-26,21-7-5-4-6-8-21)11-16-25-22(27)20-9-14-24-15-10-20/h4-10,14-15H,2-3,11-13,16-19H2,1H3,(H,25,27). The molecule has 1 aliphatic rings. The Kier molecular flexibility index (Phi) is 6.99. The number of hydrogen-bond donors (Lipinski definition) is 1. The molecule has 1 aromatic carbocycles. The third-order valence-corrected chi connectivity index (χ3v) is 5.86. The minimum Gasteiger partial charge on any atom is -0.352 e. The van der Waals surface area contributed by atoms with Gasteiger partial charge in [0.1, 0.15) is 0 Å². The van der Waals surface area contributed by atoms with Crippen molar-refractivity contribution in [3.8, 4) is 0 Å². The summed E-state index contributed by atoms with van der Waals surface area (Å²) in [6.07, 6.45) is 9.15. The summed E-state index contributed by atoms with van der Waals surface area (Å²) < 4.78 is 0. The van der Waals surface area contributed by atoms with Crippen molar-refractivity contribution >= 4 is 5.91 Å². The van der Waals surface area contributed by atoms with Crippen LogP contribution in [0.25, 0.3) is 0 Å². The number of likely N-dealkylation sites (tertiary alicyclic amines) is 1. The molecule has 0 saturated carbocycles. The van der Waals surface area contributed by atoms with Crippen LogP contribution in [0.5, 0.6) is 0 Å². The summed E-state index contributed by atoms with van der Waals surface area (Å²) >= 11 is 0. The molecule has 0 radical (unpaired) electrons. The van der Waals surface area contributed by atoms with Gasteiger partial charge in [0.05, 0.1) is 0 Å². The van der Waals surface area contributed by atoms with Crippen LogP contribution in [0.15, 0.2) is 54.9 Å². The molecular weight excluding hydrogens is 334 g/mol. The summed E-state index contributed by atoms with van der Waals surface area (Å²) in [6, 6.07) is 14.4. The van der Waals surface area contributed by atoms with Gasteiger partial charge in [-0.25, -0.2) is 0 Å². The average molecular weight is 366 g/mol. The molecule has 1 saturated heterocycles. The van der Waals surface area contributed by atoms with Gasteiger partial charge in [0.15, 0.2) is 0 Å². The van der Waals surface area contributed by atoms with E-state index in [9.17, 15) is 4.79 Å². The fourth-order valence-corrected chi connectivity index (χ4v) is 4.08. The zero-order chi connectivity index (χ0) is 19.0. The van der Waals surface area contributed by atoms with Crippen LogP contribution >= 0.6 is 0 Å². The lowest BCUT2D eigenvalue weighted by atomic mass is 9.70. The summed E-state index contributed by atoms with van der Waals surface area (Å²) in [5.74, 6) is -0.0130. The van der Waals surface area contributed by atoms with Crippen LogP contribution in [-0.2, 0) is 5.41 Å². The Hall–Kier alpha value is -2.20. The quantitative estimate of drug-likeness (QED) is 0.768. The normalized spacial score (nSPS) is 16.8. The Morgan fingerprint density at radius 3 is 2.48 bits per heavy atom. The number of aromatic nitrogens is 1. The second-order valence-electron chi connectivity index (χ2n) is 7.58. The number of hydrogen-bond acceptors (Lipinski definition) is 3. The van der Waals surface area contributed by atoms with E-state index in [4.69, 9.17) is 0 Å². The Morgan fingerprint density at radius 1 is 1.11 bits per heavy atom. The first kappa shape index (κ1) is 19.6. The van der Waals surface area contributed by atoms with E-state index < -0.39 is 0 Å². The van der Waals surface area contributed by atoms with Crippen molar-refractivity contribution in [2.45, 2.75) is 44.4 Å². The van der Waals surface area contributed by atoms with Crippen LogP contribution < -0.4 is 5.32 Å². The van der Waals surface area contributed by atoms with Crippen LogP contribution in [0.1, 0.15) is 54.9 Å². The maximum Gasteiger partial charge on any atom is 0.251 e. The molecule has 2 heterocycles. The van der Waals surface area contributed by atoms with Gasteiger partial charge >= 0.3 is 0 Å². The Bertz CT molecular complexity index is 694. The fourth-order valence-electron chi connectivity index (χ4n) is 4.08. The van der Waals surface area contributed by atoms with Gasteiger partial charge in [-0.2, -0.15) is 0 Å². The highest BCUT2D eigenvalue weighted by molar-refractivity contribution is 5.93. The van der Waals surface area contributed by atoms with E-state index in [0.717, 1.165) is 32.4 Å². The van der Waals surface area contributed by atoms with Crippen LogP contribution in [0, 0.1) is 0 Å². The predicted octanol–water partition coefficient (Wildman–Crippen LogP) is 4.04. The average Bonchev–Trinajstić information content (AvgIpc) is 2.74. The van der Waals surface area contributed by atoms with E-state index in [1.54, 1.807) is 24.5 Å². The van der Waals surface area contributed by atoms with Gasteiger partial charge in [-0.05, 0) is 68.4 Å². The number of nitrogens with one attached hydrogen (secondary N) is 1. The van der Waals surface area contributed by atoms with E-state index >= 15 is 0 Å². The smallest absolute Gasteiger partial charge is 0.251 e. The largest absolute Gasteiger partial charge is 0.352 e. The Morgan fingerprint density at radius 2 is 1.81 bits per heavy atom. The van der Waals surface area contributed by atoms with Gasteiger partial charge in [0, 0.05) is 24.5 Å². The molecule has 2 aromatic rings. The zero-order valence-electron chi connectivity index (χ0n) is 16.4. The lowest BCUT2D eigenvalue weighted by molar-refractivity contribution is 0.0943. The number of pyridine rings is 1.